The summed E-state index contributed by atoms with van der Waals surface area (Å²) in [5, 5.41) is 0. The van der Waals surface area contributed by atoms with Gasteiger partial charge in [-0.2, -0.15) is 0 Å². The third-order valence-corrected chi connectivity index (χ3v) is 5.84. The first-order valence-electron chi connectivity index (χ1n) is 11.7. The molecule has 34 heavy (non-hydrogen) atoms. The summed E-state index contributed by atoms with van der Waals surface area (Å²) in [5.74, 6) is -0.711. The van der Waals surface area contributed by atoms with Crippen molar-refractivity contribution < 1.29 is 23.7 Å². The zero-order valence-electron chi connectivity index (χ0n) is 19.8. The minimum atomic E-state index is -0.716. The van der Waals surface area contributed by atoms with Gasteiger partial charge in [0.05, 0.1) is 25.9 Å². The molecule has 3 atom stereocenters. The van der Waals surface area contributed by atoms with Gasteiger partial charge >= 0.3 is 0 Å². The normalized spacial score (nSPS) is 18.9. The van der Waals surface area contributed by atoms with Crippen LogP contribution in [0.1, 0.15) is 41.8 Å². The fourth-order valence-electron chi connectivity index (χ4n) is 4.07. The fourth-order valence-corrected chi connectivity index (χ4v) is 4.07. The highest BCUT2D eigenvalue weighted by molar-refractivity contribution is 5.96. The maximum Gasteiger partial charge on any atom is 0.165 e. The van der Waals surface area contributed by atoms with Crippen LogP contribution in [0.2, 0.25) is 0 Å². The summed E-state index contributed by atoms with van der Waals surface area (Å²) in [6.45, 7) is 4.90. The first-order valence-corrected chi connectivity index (χ1v) is 11.7. The van der Waals surface area contributed by atoms with Gasteiger partial charge in [0.25, 0.3) is 0 Å². The molecule has 0 N–H and O–H groups in total. The standard InChI is InChI=1S/C29H32O5/c1-29(2)33-21-27(34-29)28(32-20-23-14-8-4-9-15-23)26(31-19-22-12-6-3-7-13-22)18-25(30)24-16-10-5-11-17-24/h3-17,26-28H,18-21H2,1-2H3/t26-,27-,28+/m1/s1. The third-order valence-electron chi connectivity index (χ3n) is 5.84. The predicted octanol–water partition coefficient (Wildman–Crippen LogP) is 5.58. The van der Waals surface area contributed by atoms with Crippen LogP contribution in [0.5, 0.6) is 0 Å². The van der Waals surface area contributed by atoms with Gasteiger partial charge in [0, 0.05) is 12.0 Å². The molecule has 1 aliphatic rings. The number of hydrogen-bond acceptors (Lipinski definition) is 5. The molecule has 5 nitrogen and oxygen atoms in total. The molecule has 0 bridgehead atoms. The molecule has 0 spiro atoms. The molecule has 0 unspecified atom stereocenters. The molecule has 4 rings (SSSR count). The largest absolute Gasteiger partial charge is 0.370 e. The first kappa shape index (κ1) is 24.3. The van der Waals surface area contributed by atoms with Crippen LogP contribution < -0.4 is 0 Å². The molecule has 5 heteroatoms. The van der Waals surface area contributed by atoms with Crippen LogP contribution in [0.25, 0.3) is 0 Å². The predicted molar refractivity (Wildman–Crippen MR) is 130 cm³/mol. The Labute approximate surface area is 201 Å². The number of carbonyl (C=O) groups is 1. The quantitative estimate of drug-likeness (QED) is 0.350. The second kappa shape index (κ2) is 11.5. The Morgan fingerprint density at radius 3 is 1.91 bits per heavy atom. The van der Waals surface area contributed by atoms with Crippen molar-refractivity contribution in [2.75, 3.05) is 6.61 Å². The van der Waals surface area contributed by atoms with Crippen molar-refractivity contribution in [2.45, 2.75) is 57.6 Å². The summed E-state index contributed by atoms with van der Waals surface area (Å²) in [6.07, 6.45) is -1.18. The van der Waals surface area contributed by atoms with Gasteiger partial charge in [0.15, 0.2) is 11.6 Å². The van der Waals surface area contributed by atoms with E-state index in [-0.39, 0.29) is 18.3 Å². The van der Waals surface area contributed by atoms with Gasteiger partial charge in [-0.25, -0.2) is 0 Å². The lowest BCUT2D eigenvalue weighted by Gasteiger charge is -2.31. The van der Waals surface area contributed by atoms with Gasteiger partial charge in [-0.05, 0) is 25.0 Å². The van der Waals surface area contributed by atoms with Crippen LogP contribution in [0.4, 0.5) is 0 Å². The molecule has 0 amide bonds. The molecule has 0 saturated carbocycles. The molecule has 178 valence electrons. The average molecular weight is 461 g/mol. The molecule has 1 fully saturated rings. The maximum absolute atomic E-state index is 13.2. The van der Waals surface area contributed by atoms with E-state index in [0.717, 1.165) is 11.1 Å². The Morgan fingerprint density at radius 2 is 1.38 bits per heavy atom. The molecule has 3 aromatic carbocycles. The van der Waals surface area contributed by atoms with Crippen molar-refractivity contribution in [3.63, 3.8) is 0 Å². The highest BCUT2D eigenvalue weighted by atomic mass is 16.8. The topological polar surface area (TPSA) is 54.0 Å². The molecule has 3 aromatic rings. The fraction of sp³-hybridized carbons (Fsp3) is 0.345. The third kappa shape index (κ3) is 6.84. The first-order chi connectivity index (χ1) is 16.5. The molecule has 0 radical (unpaired) electrons. The van der Waals surface area contributed by atoms with Crippen molar-refractivity contribution in [3.05, 3.63) is 108 Å². The van der Waals surface area contributed by atoms with Crippen molar-refractivity contribution in [2.24, 2.45) is 0 Å². The monoisotopic (exact) mass is 460 g/mol. The van der Waals surface area contributed by atoms with E-state index in [1.807, 2.05) is 105 Å². The summed E-state index contributed by atoms with van der Waals surface area (Å²) in [5.41, 5.74) is 2.73. The van der Waals surface area contributed by atoms with E-state index >= 15 is 0 Å². The van der Waals surface area contributed by atoms with Gasteiger partial charge in [-0.3, -0.25) is 4.79 Å². The van der Waals surface area contributed by atoms with Crippen molar-refractivity contribution in [3.8, 4) is 0 Å². The van der Waals surface area contributed by atoms with E-state index in [9.17, 15) is 4.79 Å². The molecule has 0 aliphatic carbocycles. The van der Waals surface area contributed by atoms with Crippen LogP contribution in [0, 0.1) is 0 Å². The minimum Gasteiger partial charge on any atom is -0.370 e. The number of ketones is 1. The minimum absolute atomic E-state index is 0.00477. The molecular formula is C29H32O5. The summed E-state index contributed by atoms with van der Waals surface area (Å²) in [7, 11) is 0. The van der Waals surface area contributed by atoms with E-state index in [1.165, 1.54) is 0 Å². The van der Waals surface area contributed by atoms with Gasteiger partial charge in [-0.15, -0.1) is 0 Å². The Morgan fingerprint density at radius 1 is 0.853 bits per heavy atom. The number of benzene rings is 3. The van der Waals surface area contributed by atoms with E-state index in [1.54, 1.807) is 0 Å². The van der Waals surface area contributed by atoms with Gasteiger partial charge in [0.2, 0.25) is 0 Å². The lowest BCUT2D eigenvalue weighted by molar-refractivity contribution is -0.178. The Kier molecular flexibility index (Phi) is 8.25. The summed E-state index contributed by atoms with van der Waals surface area (Å²) >= 11 is 0. The number of rotatable bonds is 11. The highest BCUT2D eigenvalue weighted by Gasteiger charge is 2.42. The summed E-state index contributed by atoms with van der Waals surface area (Å²) < 4.78 is 24.8. The Hall–Kier alpha value is -2.83. The van der Waals surface area contributed by atoms with Crippen LogP contribution in [0.15, 0.2) is 91.0 Å². The highest BCUT2D eigenvalue weighted by Crippen LogP contribution is 2.30. The van der Waals surface area contributed by atoms with Crippen molar-refractivity contribution >= 4 is 5.78 Å². The van der Waals surface area contributed by atoms with Crippen LogP contribution in [-0.4, -0.2) is 36.5 Å². The lowest BCUT2D eigenvalue weighted by Crippen LogP contribution is -2.44. The van der Waals surface area contributed by atoms with Gasteiger partial charge in [-0.1, -0.05) is 91.0 Å². The van der Waals surface area contributed by atoms with E-state index in [4.69, 9.17) is 18.9 Å². The zero-order chi connectivity index (χ0) is 23.8. The number of carbonyl (C=O) groups excluding carboxylic acids is 1. The lowest BCUT2D eigenvalue weighted by atomic mass is 9.98. The average Bonchev–Trinajstić information content (AvgIpc) is 3.23. The van der Waals surface area contributed by atoms with E-state index < -0.39 is 18.0 Å². The smallest absolute Gasteiger partial charge is 0.165 e. The second-order valence-corrected chi connectivity index (χ2v) is 8.96. The summed E-state index contributed by atoms with van der Waals surface area (Å²) in [6, 6.07) is 29.2. The second-order valence-electron chi connectivity index (χ2n) is 8.96. The number of Topliss-reactive ketones (excluding diaryl/α,β-unsaturated/α-hetero) is 1. The molecule has 1 heterocycles. The summed E-state index contributed by atoms with van der Waals surface area (Å²) in [4.78, 5) is 13.2. The van der Waals surface area contributed by atoms with Crippen LogP contribution >= 0.6 is 0 Å². The zero-order valence-corrected chi connectivity index (χ0v) is 19.8. The Bertz CT molecular complexity index is 1020. The van der Waals surface area contributed by atoms with Crippen LogP contribution in [0.3, 0.4) is 0 Å². The van der Waals surface area contributed by atoms with E-state index in [0.29, 0.717) is 25.4 Å². The number of hydrogen-bond donors (Lipinski definition) is 0. The molecule has 0 aromatic heterocycles. The van der Waals surface area contributed by atoms with Gasteiger partial charge < -0.3 is 18.9 Å². The SMILES string of the molecule is CC1(C)OC[C@H]([C@@H](OCc2ccccc2)[C@@H](CC(=O)c2ccccc2)OCc2ccccc2)O1. The molecule has 1 aliphatic heterocycles. The number of ether oxygens (including phenoxy) is 4. The van der Waals surface area contributed by atoms with Gasteiger partial charge in [0.1, 0.15) is 12.2 Å². The van der Waals surface area contributed by atoms with Crippen LogP contribution in [-0.2, 0) is 32.2 Å². The van der Waals surface area contributed by atoms with E-state index in [2.05, 4.69) is 0 Å². The molecule has 1 saturated heterocycles. The van der Waals surface area contributed by atoms with Crippen molar-refractivity contribution in [1.29, 1.82) is 0 Å². The van der Waals surface area contributed by atoms with Crippen molar-refractivity contribution in [1.82, 2.24) is 0 Å². The molecular weight excluding hydrogens is 428 g/mol. The Balaban J connectivity index is 1.57. The maximum atomic E-state index is 13.2.